The van der Waals surface area contributed by atoms with Crippen molar-refractivity contribution in [2.75, 3.05) is 13.1 Å². The zero-order valence-electron chi connectivity index (χ0n) is 16.9. The Morgan fingerprint density at radius 3 is 2.25 bits per heavy atom. The molecule has 4 saturated carbocycles. The van der Waals surface area contributed by atoms with Crippen molar-refractivity contribution in [1.29, 1.82) is 0 Å². The van der Waals surface area contributed by atoms with Gasteiger partial charge in [-0.05, 0) is 93.6 Å². The molecule has 1 saturated heterocycles. The largest absolute Gasteiger partial charge is 0.459 e. The molecule has 0 radical (unpaired) electrons. The number of hydrogen-bond acceptors (Lipinski definition) is 3. The Balaban J connectivity index is 1.16. The average Bonchev–Trinajstić information content (AvgIpc) is 3.21. The molecule has 5 fully saturated rings. The Bertz CT molecular complexity index is 698. The number of nitrogens with one attached hydrogen (secondary N) is 1. The van der Waals surface area contributed by atoms with Gasteiger partial charge in [-0.25, -0.2) is 0 Å². The summed E-state index contributed by atoms with van der Waals surface area (Å²) in [5.74, 6) is 3.26. The van der Waals surface area contributed by atoms with E-state index in [1.54, 1.807) is 12.1 Å². The minimum Gasteiger partial charge on any atom is -0.459 e. The maximum absolute atomic E-state index is 13.0. The Hall–Kier alpha value is -1.78. The van der Waals surface area contributed by atoms with E-state index >= 15 is 0 Å². The molecule has 5 aliphatic rings. The van der Waals surface area contributed by atoms with Crippen LogP contribution in [0.3, 0.4) is 0 Å². The first kappa shape index (κ1) is 18.3. The fourth-order valence-corrected chi connectivity index (χ4v) is 7.09. The Morgan fingerprint density at radius 2 is 1.71 bits per heavy atom. The molecule has 1 aromatic rings. The van der Waals surface area contributed by atoms with Crippen LogP contribution >= 0.6 is 0 Å². The van der Waals surface area contributed by atoms with Gasteiger partial charge in [0, 0.05) is 25.0 Å². The summed E-state index contributed by atoms with van der Waals surface area (Å²) >= 11 is 0. The standard InChI is InChI=1S/C23H32N2O3/c1-15(23-12-16-9-17(13-23)11-18(10-16)14-23)24-21(26)19-4-6-25(7-5-19)22(27)20-3-2-8-28-20/h2-3,8,15-19H,4-7,9-14H2,1H3,(H,24,26). The summed E-state index contributed by atoms with van der Waals surface area (Å²) in [6.45, 7) is 3.51. The average molecular weight is 385 g/mol. The maximum atomic E-state index is 13.0. The lowest BCUT2D eigenvalue weighted by molar-refractivity contribution is -0.131. The zero-order valence-corrected chi connectivity index (χ0v) is 16.9. The van der Waals surface area contributed by atoms with E-state index in [0.717, 1.165) is 30.6 Å². The van der Waals surface area contributed by atoms with Crippen molar-refractivity contribution in [1.82, 2.24) is 10.2 Å². The predicted molar refractivity (Wildman–Crippen MR) is 106 cm³/mol. The van der Waals surface area contributed by atoms with Crippen molar-refractivity contribution in [3.63, 3.8) is 0 Å². The molecule has 152 valence electrons. The van der Waals surface area contributed by atoms with E-state index in [0.29, 0.717) is 24.3 Å². The van der Waals surface area contributed by atoms with Crippen molar-refractivity contribution in [3.05, 3.63) is 24.2 Å². The predicted octanol–water partition coefficient (Wildman–Crippen LogP) is 3.85. The summed E-state index contributed by atoms with van der Waals surface area (Å²) in [5, 5.41) is 3.42. The molecule has 6 rings (SSSR count). The summed E-state index contributed by atoms with van der Waals surface area (Å²) < 4.78 is 5.22. The number of carbonyl (C=O) groups is 2. The summed E-state index contributed by atoms with van der Waals surface area (Å²) in [6, 6.07) is 3.71. The fourth-order valence-electron chi connectivity index (χ4n) is 7.09. The molecule has 4 bridgehead atoms. The van der Waals surface area contributed by atoms with Gasteiger partial charge in [-0.1, -0.05) is 0 Å². The van der Waals surface area contributed by atoms with E-state index in [2.05, 4.69) is 12.2 Å². The van der Waals surface area contributed by atoms with E-state index in [9.17, 15) is 9.59 Å². The first-order valence-electron chi connectivity index (χ1n) is 11.2. The monoisotopic (exact) mass is 384 g/mol. The Morgan fingerprint density at radius 1 is 1.11 bits per heavy atom. The highest BCUT2D eigenvalue weighted by atomic mass is 16.3. The van der Waals surface area contributed by atoms with Crippen LogP contribution in [0.15, 0.2) is 22.8 Å². The minimum atomic E-state index is -0.0641. The van der Waals surface area contributed by atoms with E-state index < -0.39 is 0 Å². The third kappa shape index (κ3) is 3.17. The molecule has 5 heteroatoms. The second kappa shape index (κ2) is 6.93. The van der Waals surface area contributed by atoms with Crippen LogP contribution in [-0.2, 0) is 4.79 Å². The van der Waals surface area contributed by atoms with Gasteiger partial charge in [0.1, 0.15) is 0 Å². The fraction of sp³-hybridized carbons (Fsp3) is 0.739. The molecule has 1 unspecified atom stereocenters. The molecule has 0 aromatic carbocycles. The lowest BCUT2D eigenvalue weighted by Crippen LogP contribution is -2.56. The van der Waals surface area contributed by atoms with Crippen LogP contribution in [0.4, 0.5) is 0 Å². The van der Waals surface area contributed by atoms with E-state index in [4.69, 9.17) is 4.42 Å². The highest BCUT2D eigenvalue weighted by Gasteiger charge is 2.53. The van der Waals surface area contributed by atoms with Gasteiger partial charge in [-0.3, -0.25) is 9.59 Å². The second-order valence-electron chi connectivity index (χ2n) is 10.1. The summed E-state index contributed by atoms with van der Waals surface area (Å²) in [5.41, 5.74) is 0.348. The van der Waals surface area contributed by atoms with Crippen molar-refractivity contribution >= 4 is 11.8 Å². The summed E-state index contributed by atoms with van der Waals surface area (Å²) in [4.78, 5) is 27.2. The molecule has 2 heterocycles. The van der Waals surface area contributed by atoms with Crippen LogP contribution in [-0.4, -0.2) is 35.8 Å². The molecule has 2 amide bonds. The third-order valence-corrected chi connectivity index (χ3v) is 8.25. The second-order valence-corrected chi connectivity index (χ2v) is 10.1. The zero-order chi connectivity index (χ0) is 19.3. The van der Waals surface area contributed by atoms with Crippen LogP contribution in [0.5, 0.6) is 0 Å². The van der Waals surface area contributed by atoms with E-state index in [1.807, 2.05) is 4.90 Å². The number of likely N-dealkylation sites (tertiary alicyclic amines) is 1. The third-order valence-electron chi connectivity index (χ3n) is 8.25. The molecule has 28 heavy (non-hydrogen) atoms. The molecule has 1 N–H and O–H groups in total. The lowest BCUT2D eigenvalue weighted by atomic mass is 9.48. The Labute approximate surface area is 167 Å². The van der Waals surface area contributed by atoms with Crippen LogP contribution in [0.2, 0.25) is 0 Å². The van der Waals surface area contributed by atoms with Gasteiger partial charge in [0.2, 0.25) is 5.91 Å². The van der Waals surface area contributed by atoms with Crippen LogP contribution in [0.1, 0.15) is 68.8 Å². The molecule has 0 spiro atoms. The summed E-state index contributed by atoms with van der Waals surface area (Å²) in [6.07, 6.45) is 11.3. The quantitative estimate of drug-likeness (QED) is 0.858. The van der Waals surface area contributed by atoms with Gasteiger partial charge < -0.3 is 14.6 Å². The van der Waals surface area contributed by atoms with Gasteiger partial charge in [0.05, 0.1) is 6.26 Å². The maximum Gasteiger partial charge on any atom is 0.289 e. The highest BCUT2D eigenvalue weighted by molar-refractivity contribution is 5.91. The first-order valence-corrected chi connectivity index (χ1v) is 11.2. The van der Waals surface area contributed by atoms with Crippen molar-refractivity contribution < 1.29 is 14.0 Å². The van der Waals surface area contributed by atoms with Gasteiger partial charge >= 0.3 is 0 Å². The van der Waals surface area contributed by atoms with Crippen molar-refractivity contribution in [2.45, 2.75) is 64.3 Å². The molecular weight excluding hydrogens is 352 g/mol. The molecule has 1 atom stereocenters. The molecule has 1 aliphatic heterocycles. The van der Waals surface area contributed by atoms with Crippen molar-refractivity contribution in [2.24, 2.45) is 29.1 Å². The molecule has 5 nitrogen and oxygen atoms in total. The normalized spacial score (nSPS) is 35.8. The van der Waals surface area contributed by atoms with E-state index in [-0.39, 0.29) is 23.8 Å². The van der Waals surface area contributed by atoms with Crippen LogP contribution < -0.4 is 5.32 Å². The molecule has 1 aromatic heterocycles. The van der Waals surface area contributed by atoms with Gasteiger partial charge in [0.15, 0.2) is 5.76 Å². The number of hydrogen-bond donors (Lipinski definition) is 1. The van der Waals surface area contributed by atoms with Gasteiger partial charge in [0.25, 0.3) is 5.91 Å². The first-order chi connectivity index (χ1) is 13.5. The highest BCUT2D eigenvalue weighted by Crippen LogP contribution is 2.61. The lowest BCUT2D eigenvalue weighted by Gasteiger charge is -2.59. The van der Waals surface area contributed by atoms with Gasteiger partial charge in [-0.2, -0.15) is 0 Å². The minimum absolute atomic E-state index is 0.0250. The Kier molecular flexibility index (Phi) is 4.52. The molecular formula is C23H32N2O3. The number of piperidine rings is 1. The number of rotatable bonds is 4. The summed E-state index contributed by atoms with van der Waals surface area (Å²) in [7, 11) is 0. The van der Waals surface area contributed by atoms with Crippen LogP contribution in [0.25, 0.3) is 0 Å². The SMILES string of the molecule is CC(NC(=O)C1CCN(C(=O)c2ccco2)CC1)C12CC3CC(CC(C3)C1)C2. The smallest absolute Gasteiger partial charge is 0.289 e. The number of nitrogens with zero attached hydrogens (tertiary/aromatic N) is 1. The molecule has 4 aliphatic carbocycles. The van der Waals surface area contributed by atoms with E-state index in [1.165, 1.54) is 44.8 Å². The van der Waals surface area contributed by atoms with Gasteiger partial charge in [-0.15, -0.1) is 0 Å². The van der Waals surface area contributed by atoms with Crippen molar-refractivity contribution in [3.8, 4) is 0 Å². The number of amides is 2. The topological polar surface area (TPSA) is 62.6 Å². The number of furan rings is 1. The van der Waals surface area contributed by atoms with Crippen LogP contribution in [0, 0.1) is 29.1 Å². The number of carbonyl (C=O) groups excluding carboxylic acids is 2.